The molecular formula is C17H15F6N3O2. The van der Waals surface area contributed by atoms with Crippen LogP contribution in [0.5, 0.6) is 0 Å². The van der Waals surface area contributed by atoms with Gasteiger partial charge in [0.25, 0.3) is 0 Å². The molecule has 28 heavy (non-hydrogen) atoms. The Morgan fingerprint density at radius 3 is 2.07 bits per heavy atom. The van der Waals surface area contributed by atoms with Gasteiger partial charge in [0.05, 0.1) is 22.8 Å². The Morgan fingerprint density at radius 1 is 1.07 bits per heavy atom. The van der Waals surface area contributed by atoms with E-state index in [-0.39, 0.29) is 23.6 Å². The first-order valence-corrected chi connectivity index (χ1v) is 7.88. The number of ether oxygens (including phenoxy) is 1. The van der Waals surface area contributed by atoms with E-state index in [4.69, 9.17) is 4.74 Å². The maximum absolute atomic E-state index is 12.9. The van der Waals surface area contributed by atoms with Crippen LogP contribution in [0.3, 0.4) is 0 Å². The summed E-state index contributed by atoms with van der Waals surface area (Å²) < 4.78 is 83.6. The average Bonchev–Trinajstić information content (AvgIpc) is 3.00. The third kappa shape index (κ3) is 5.33. The summed E-state index contributed by atoms with van der Waals surface area (Å²) in [7, 11) is 0. The van der Waals surface area contributed by atoms with E-state index >= 15 is 0 Å². The van der Waals surface area contributed by atoms with Crippen LogP contribution < -0.4 is 0 Å². The van der Waals surface area contributed by atoms with Crippen LogP contribution in [-0.2, 0) is 21.9 Å². The molecule has 0 radical (unpaired) electrons. The summed E-state index contributed by atoms with van der Waals surface area (Å²) in [5.74, 6) is -1.01. The van der Waals surface area contributed by atoms with Crippen molar-refractivity contribution in [3.05, 3.63) is 41.2 Å². The first-order chi connectivity index (χ1) is 12.8. The lowest BCUT2D eigenvalue weighted by atomic mass is 10.0. The average molecular weight is 407 g/mol. The first-order valence-electron chi connectivity index (χ1n) is 7.88. The lowest BCUT2D eigenvalue weighted by molar-refractivity contribution is -0.144. The summed E-state index contributed by atoms with van der Waals surface area (Å²) in [6, 6.07) is 1.07. The molecule has 152 valence electrons. The molecule has 0 bridgehead atoms. The fraction of sp³-hybridized carbons (Fsp3) is 0.353. The number of halogens is 6. The minimum atomic E-state index is -4.98. The summed E-state index contributed by atoms with van der Waals surface area (Å²) in [6.45, 7) is 4.70. The Balaban J connectivity index is 2.43. The molecule has 0 aliphatic carbocycles. The molecule has 1 aromatic heterocycles. The van der Waals surface area contributed by atoms with Gasteiger partial charge in [-0.2, -0.15) is 26.3 Å². The van der Waals surface area contributed by atoms with Gasteiger partial charge in [-0.3, -0.25) is 0 Å². The van der Waals surface area contributed by atoms with Crippen LogP contribution in [0.15, 0.2) is 30.1 Å². The van der Waals surface area contributed by atoms with Gasteiger partial charge in [0, 0.05) is 11.8 Å². The molecule has 0 atom stereocenters. The van der Waals surface area contributed by atoms with Crippen LogP contribution in [0.25, 0.3) is 17.6 Å². The molecule has 2 aromatic rings. The van der Waals surface area contributed by atoms with Crippen molar-refractivity contribution in [1.82, 2.24) is 14.8 Å². The second-order valence-electron chi connectivity index (χ2n) is 6.11. The Kier molecular flexibility index (Phi) is 5.86. The predicted octanol–water partition coefficient (Wildman–Crippen LogP) is 4.80. The number of hydrogen-bond acceptors (Lipinski definition) is 4. The van der Waals surface area contributed by atoms with E-state index in [2.05, 4.69) is 10.1 Å². The number of rotatable bonds is 4. The van der Waals surface area contributed by atoms with Crippen molar-refractivity contribution in [3.63, 3.8) is 0 Å². The number of carbonyl (C=O) groups excluding carboxylic acids is 1. The van der Waals surface area contributed by atoms with Gasteiger partial charge in [-0.1, -0.05) is 0 Å². The largest absolute Gasteiger partial charge is 0.460 e. The molecule has 0 amide bonds. The molecule has 0 unspecified atom stereocenters. The van der Waals surface area contributed by atoms with E-state index < -0.39 is 35.0 Å². The smallest absolute Gasteiger partial charge is 0.416 e. The lowest BCUT2D eigenvalue weighted by Gasteiger charge is -2.13. The van der Waals surface area contributed by atoms with Gasteiger partial charge < -0.3 is 4.74 Å². The third-order valence-corrected chi connectivity index (χ3v) is 3.35. The molecule has 0 saturated carbocycles. The number of carbonyl (C=O) groups is 1. The van der Waals surface area contributed by atoms with Crippen LogP contribution in [0, 0.1) is 0 Å². The highest BCUT2D eigenvalue weighted by Gasteiger charge is 2.37. The molecule has 0 fully saturated rings. The van der Waals surface area contributed by atoms with E-state index in [1.165, 1.54) is 13.1 Å². The highest BCUT2D eigenvalue weighted by molar-refractivity contribution is 5.91. The van der Waals surface area contributed by atoms with Crippen LogP contribution in [0.4, 0.5) is 26.3 Å². The van der Waals surface area contributed by atoms with Gasteiger partial charge in [-0.25, -0.2) is 14.5 Å². The zero-order valence-electron chi connectivity index (χ0n) is 14.9. The van der Waals surface area contributed by atoms with Gasteiger partial charge in [0.15, 0.2) is 5.82 Å². The van der Waals surface area contributed by atoms with Crippen LogP contribution >= 0.6 is 0 Å². The maximum Gasteiger partial charge on any atom is 0.416 e. The summed E-state index contributed by atoms with van der Waals surface area (Å²) in [5, 5.41) is 3.82. The van der Waals surface area contributed by atoms with Gasteiger partial charge in [0.2, 0.25) is 0 Å². The van der Waals surface area contributed by atoms with Crippen molar-refractivity contribution >= 4 is 12.2 Å². The molecular weight excluding hydrogens is 392 g/mol. The molecule has 1 aromatic carbocycles. The van der Waals surface area contributed by atoms with E-state index in [1.54, 1.807) is 13.8 Å². The third-order valence-electron chi connectivity index (χ3n) is 3.35. The summed E-state index contributed by atoms with van der Waals surface area (Å²) in [4.78, 5) is 15.5. The van der Waals surface area contributed by atoms with Crippen molar-refractivity contribution in [2.45, 2.75) is 39.2 Å². The number of benzene rings is 1. The van der Waals surface area contributed by atoms with E-state index in [9.17, 15) is 31.1 Å². The molecule has 0 saturated heterocycles. The monoisotopic (exact) mass is 407 g/mol. The number of nitrogens with zero attached hydrogens (tertiary/aromatic N) is 3. The van der Waals surface area contributed by atoms with Crippen LogP contribution in [0.2, 0.25) is 0 Å². The number of hydrogen-bond donors (Lipinski definition) is 0. The normalized spacial score (nSPS) is 13.1. The van der Waals surface area contributed by atoms with Gasteiger partial charge >= 0.3 is 18.3 Å². The van der Waals surface area contributed by atoms with E-state index in [0.29, 0.717) is 12.1 Å². The van der Waals surface area contributed by atoms with Crippen molar-refractivity contribution in [3.8, 4) is 11.4 Å². The fourth-order valence-electron chi connectivity index (χ4n) is 2.11. The first kappa shape index (κ1) is 21.5. The zero-order valence-corrected chi connectivity index (χ0v) is 14.9. The van der Waals surface area contributed by atoms with Crippen LogP contribution in [-0.4, -0.2) is 26.8 Å². The number of alkyl halides is 6. The standard InChI is InChI=1S/C17H15F6N3O2/c1-9(2)28-15(27)10(3)7-26-8-24-14(25-26)11-4-12(16(18,19)20)6-13(5-11)17(21,22)23/h4-9H,1-3H3. The highest BCUT2D eigenvalue weighted by Crippen LogP contribution is 2.38. The van der Waals surface area contributed by atoms with Gasteiger partial charge in [0.1, 0.15) is 6.33 Å². The molecule has 2 rings (SSSR count). The highest BCUT2D eigenvalue weighted by atomic mass is 19.4. The zero-order chi connectivity index (χ0) is 21.3. The minimum Gasteiger partial charge on any atom is -0.460 e. The SMILES string of the molecule is CC(=Cn1cnc(-c2cc(C(F)(F)F)cc(C(F)(F)F)c2)n1)C(=O)OC(C)C. The van der Waals surface area contributed by atoms with E-state index in [1.807, 2.05) is 0 Å². The summed E-state index contributed by atoms with van der Waals surface area (Å²) >= 11 is 0. The van der Waals surface area contributed by atoms with Crippen molar-refractivity contribution in [2.24, 2.45) is 0 Å². The lowest BCUT2D eigenvalue weighted by Crippen LogP contribution is -2.12. The Labute approximate surface area is 155 Å². The second kappa shape index (κ2) is 7.64. The number of esters is 1. The molecule has 0 spiro atoms. The topological polar surface area (TPSA) is 57.0 Å². The maximum atomic E-state index is 12.9. The van der Waals surface area contributed by atoms with Crippen molar-refractivity contribution in [2.75, 3.05) is 0 Å². The summed E-state index contributed by atoms with van der Waals surface area (Å²) in [5.41, 5.74) is -3.29. The Hall–Kier alpha value is -2.85. The Morgan fingerprint density at radius 2 is 1.61 bits per heavy atom. The van der Waals surface area contributed by atoms with E-state index in [0.717, 1.165) is 11.0 Å². The molecule has 0 N–H and O–H groups in total. The molecule has 0 aliphatic rings. The minimum absolute atomic E-state index is 0.0203. The fourth-order valence-corrected chi connectivity index (χ4v) is 2.11. The predicted molar refractivity (Wildman–Crippen MR) is 86.6 cm³/mol. The number of aromatic nitrogens is 3. The molecule has 11 heteroatoms. The quantitative estimate of drug-likeness (QED) is 0.415. The van der Waals surface area contributed by atoms with Gasteiger partial charge in [-0.15, -0.1) is 5.10 Å². The van der Waals surface area contributed by atoms with Gasteiger partial charge in [-0.05, 0) is 39.0 Å². The molecule has 1 heterocycles. The molecule has 0 aliphatic heterocycles. The van der Waals surface area contributed by atoms with Crippen molar-refractivity contribution in [1.29, 1.82) is 0 Å². The van der Waals surface area contributed by atoms with Crippen molar-refractivity contribution < 1.29 is 35.9 Å². The molecule has 5 nitrogen and oxygen atoms in total. The second-order valence-corrected chi connectivity index (χ2v) is 6.11. The Bertz CT molecular complexity index is 865. The summed E-state index contributed by atoms with van der Waals surface area (Å²) in [6.07, 6.45) is -8.08. The van der Waals surface area contributed by atoms with Crippen LogP contribution in [0.1, 0.15) is 31.9 Å².